The van der Waals surface area contributed by atoms with E-state index in [2.05, 4.69) is 5.32 Å². The van der Waals surface area contributed by atoms with Crippen LogP contribution in [0.5, 0.6) is 5.75 Å². The quantitative estimate of drug-likeness (QED) is 0.881. The van der Waals surface area contributed by atoms with E-state index >= 15 is 0 Å². The van der Waals surface area contributed by atoms with Gasteiger partial charge in [0.1, 0.15) is 12.3 Å². The lowest BCUT2D eigenvalue weighted by Crippen LogP contribution is -2.42. The summed E-state index contributed by atoms with van der Waals surface area (Å²) in [6.45, 7) is -0.297. The Bertz CT molecular complexity index is 817. The van der Waals surface area contributed by atoms with E-state index in [4.69, 9.17) is 0 Å². The van der Waals surface area contributed by atoms with Gasteiger partial charge in [0, 0.05) is 6.07 Å². The highest BCUT2D eigenvalue weighted by atomic mass is 32.2. The average Bonchev–Trinajstić information content (AvgIpc) is 2.46. The zero-order valence-electron chi connectivity index (χ0n) is 10.9. The summed E-state index contributed by atoms with van der Waals surface area (Å²) < 4.78 is 26.4. The van der Waals surface area contributed by atoms with Gasteiger partial charge in [0.05, 0.1) is 16.3 Å². The lowest BCUT2D eigenvalue weighted by molar-refractivity contribution is -0.115. The summed E-state index contributed by atoms with van der Waals surface area (Å²) in [7, 11) is -3.92. The molecule has 21 heavy (non-hydrogen) atoms. The van der Waals surface area contributed by atoms with E-state index < -0.39 is 15.9 Å². The Morgan fingerprint density at radius 1 is 1.10 bits per heavy atom. The predicted octanol–water partition coefficient (Wildman–Crippen LogP) is 1.54. The van der Waals surface area contributed by atoms with Crippen molar-refractivity contribution in [2.45, 2.75) is 4.90 Å². The highest BCUT2D eigenvalue weighted by Crippen LogP contribution is 2.33. The van der Waals surface area contributed by atoms with Crippen molar-refractivity contribution in [3.05, 3.63) is 48.5 Å². The number of hydrogen-bond acceptors (Lipinski definition) is 4. The van der Waals surface area contributed by atoms with E-state index in [1.54, 1.807) is 24.3 Å². The molecule has 0 aliphatic carbocycles. The normalized spacial score (nSPS) is 14.5. The molecular formula is C14H12N2O4S. The van der Waals surface area contributed by atoms with Crippen molar-refractivity contribution >= 4 is 27.3 Å². The van der Waals surface area contributed by atoms with Crippen LogP contribution in [-0.4, -0.2) is 26.0 Å². The van der Waals surface area contributed by atoms with E-state index in [1.807, 2.05) is 0 Å². The second kappa shape index (κ2) is 4.78. The topological polar surface area (TPSA) is 86.7 Å². The molecule has 2 N–H and O–H groups in total. The summed E-state index contributed by atoms with van der Waals surface area (Å²) >= 11 is 0. The van der Waals surface area contributed by atoms with Crippen molar-refractivity contribution in [1.29, 1.82) is 0 Å². The van der Waals surface area contributed by atoms with Crippen molar-refractivity contribution in [3.8, 4) is 5.75 Å². The summed E-state index contributed by atoms with van der Waals surface area (Å²) in [6, 6.07) is 12.0. The molecule has 1 aliphatic heterocycles. The van der Waals surface area contributed by atoms with E-state index in [0.717, 1.165) is 10.4 Å². The Hall–Kier alpha value is -2.54. The predicted molar refractivity (Wildman–Crippen MR) is 77.7 cm³/mol. The number of phenolic OH excluding ortho intramolecular Hbond substituents is 1. The zero-order chi connectivity index (χ0) is 15.0. The molecule has 108 valence electrons. The SMILES string of the molecule is O=C1CN(S(=O)(=O)c2cccc(O)c2)c2ccccc2N1. The Balaban J connectivity index is 2.14. The van der Waals surface area contributed by atoms with Crippen molar-refractivity contribution in [2.24, 2.45) is 0 Å². The summed E-state index contributed by atoms with van der Waals surface area (Å²) in [5.41, 5.74) is 0.845. The van der Waals surface area contributed by atoms with Crippen LogP contribution in [0.4, 0.5) is 11.4 Å². The fraction of sp³-hybridized carbons (Fsp3) is 0.0714. The molecule has 0 radical (unpaired) electrons. The van der Waals surface area contributed by atoms with Crippen molar-refractivity contribution in [1.82, 2.24) is 0 Å². The molecule has 0 aromatic heterocycles. The van der Waals surface area contributed by atoms with Crippen LogP contribution in [0.3, 0.4) is 0 Å². The first kappa shape index (κ1) is 13.4. The van der Waals surface area contributed by atoms with Crippen LogP contribution in [0.15, 0.2) is 53.4 Å². The lowest BCUT2D eigenvalue weighted by Gasteiger charge is -2.30. The van der Waals surface area contributed by atoms with Crippen LogP contribution < -0.4 is 9.62 Å². The molecule has 1 heterocycles. The Labute approximate surface area is 121 Å². The van der Waals surface area contributed by atoms with Crippen LogP contribution in [0.2, 0.25) is 0 Å². The van der Waals surface area contributed by atoms with Gasteiger partial charge in [0.15, 0.2) is 0 Å². The van der Waals surface area contributed by atoms with Crippen molar-refractivity contribution < 1.29 is 18.3 Å². The molecule has 0 spiro atoms. The summed E-state index contributed by atoms with van der Waals surface area (Å²) in [6.07, 6.45) is 0. The van der Waals surface area contributed by atoms with Gasteiger partial charge in [-0.3, -0.25) is 9.10 Å². The van der Waals surface area contributed by atoms with Crippen LogP contribution in [0.1, 0.15) is 0 Å². The minimum Gasteiger partial charge on any atom is -0.508 e. The number of para-hydroxylation sites is 2. The van der Waals surface area contributed by atoms with E-state index in [1.165, 1.54) is 18.2 Å². The van der Waals surface area contributed by atoms with E-state index in [-0.39, 0.29) is 17.2 Å². The monoisotopic (exact) mass is 304 g/mol. The number of nitrogens with one attached hydrogen (secondary N) is 1. The Kier molecular flexibility index (Phi) is 3.06. The van der Waals surface area contributed by atoms with Gasteiger partial charge in [-0.15, -0.1) is 0 Å². The molecule has 1 amide bonds. The molecule has 2 aromatic carbocycles. The maximum atomic E-state index is 12.7. The zero-order valence-corrected chi connectivity index (χ0v) is 11.7. The third-order valence-electron chi connectivity index (χ3n) is 3.14. The highest BCUT2D eigenvalue weighted by Gasteiger charge is 2.32. The van der Waals surface area contributed by atoms with Gasteiger partial charge in [0.2, 0.25) is 5.91 Å². The molecule has 3 rings (SSSR count). The standard InChI is InChI=1S/C14H12N2O4S/c17-10-4-3-5-11(8-10)21(19,20)16-9-14(18)15-12-6-1-2-7-13(12)16/h1-8,17H,9H2,(H,15,18). The molecule has 0 unspecified atom stereocenters. The number of aromatic hydroxyl groups is 1. The van der Waals surface area contributed by atoms with Crippen LogP contribution in [0, 0.1) is 0 Å². The molecule has 0 saturated heterocycles. The molecule has 1 aliphatic rings. The molecule has 0 saturated carbocycles. The second-order valence-electron chi connectivity index (χ2n) is 4.57. The Morgan fingerprint density at radius 3 is 2.62 bits per heavy atom. The first-order valence-electron chi connectivity index (χ1n) is 6.19. The van der Waals surface area contributed by atoms with Crippen LogP contribution in [0.25, 0.3) is 0 Å². The number of carbonyl (C=O) groups is 1. The van der Waals surface area contributed by atoms with Crippen molar-refractivity contribution in [2.75, 3.05) is 16.2 Å². The summed E-state index contributed by atoms with van der Waals surface area (Å²) in [4.78, 5) is 11.7. The molecule has 0 fully saturated rings. The number of nitrogens with zero attached hydrogens (tertiary/aromatic N) is 1. The van der Waals surface area contributed by atoms with Crippen LogP contribution in [-0.2, 0) is 14.8 Å². The second-order valence-corrected chi connectivity index (χ2v) is 6.44. The van der Waals surface area contributed by atoms with Gasteiger partial charge in [-0.2, -0.15) is 0 Å². The molecule has 2 aromatic rings. The first-order valence-corrected chi connectivity index (χ1v) is 7.63. The molecule has 6 nitrogen and oxygen atoms in total. The third kappa shape index (κ3) is 2.31. The highest BCUT2D eigenvalue weighted by molar-refractivity contribution is 7.92. The number of fused-ring (bicyclic) bond motifs is 1. The van der Waals surface area contributed by atoms with Gasteiger partial charge in [-0.25, -0.2) is 8.42 Å². The number of amides is 1. The Morgan fingerprint density at radius 2 is 1.86 bits per heavy atom. The molecule has 0 bridgehead atoms. The first-order chi connectivity index (χ1) is 9.98. The van der Waals surface area contributed by atoms with E-state index in [9.17, 15) is 18.3 Å². The maximum Gasteiger partial charge on any atom is 0.265 e. The smallest absolute Gasteiger partial charge is 0.265 e. The fourth-order valence-corrected chi connectivity index (χ4v) is 3.67. The molecular weight excluding hydrogens is 292 g/mol. The van der Waals surface area contributed by atoms with Gasteiger partial charge >= 0.3 is 0 Å². The lowest BCUT2D eigenvalue weighted by atomic mass is 10.2. The van der Waals surface area contributed by atoms with E-state index in [0.29, 0.717) is 11.4 Å². The number of hydrogen-bond donors (Lipinski definition) is 2. The summed E-state index contributed by atoms with van der Waals surface area (Å²) in [5, 5.41) is 12.1. The number of benzene rings is 2. The van der Waals surface area contributed by atoms with Gasteiger partial charge < -0.3 is 10.4 Å². The van der Waals surface area contributed by atoms with Crippen molar-refractivity contribution in [3.63, 3.8) is 0 Å². The maximum absolute atomic E-state index is 12.7. The minimum atomic E-state index is -3.92. The number of anilines is 2. The van der Waals surface area contributed by atoms with Crippen LogP contribution >= 0.6 is 0 Å². The molecule has 7 heteroatoms. The van der Waals surface area contributed by atoms with Gasteiger partial charge in [-0.05, 0) is 24.3 Å². The summed E-state index contributed by atoms with van der Waals surface area (Å²) in [5.74, 6) is -0.553. The largest absolute Gasteiger partial charge is 0.508 e. The number of sulfonamides is 1. The number of rotatable bonds is 2. The van der Waals surface area contributed by atoms with Gasteiger partial charge in [0.25, 0.3) is 10.0 Å². The fourth-order valence-electron chi connectivity index (χ4n) is 2.19. The third-order valence-corrected chi connectivity index (χ3v) is 4.90. The number of phenols is 1. The van der Waals surface area contributed by atoms with Gasteiger partial charge in [-0.1, -0.05) is 18.2 Å². The number of carbonyl (C=O) groups excluding carboxylic acids is 1. The average molecular weight is 304 g/mol. The molecule has 0 atom stereocenters. The minimum absolute atomic E-state index is 0.0630.